The Morgan fingerprint density at radius 1 is 1.17 bits per heavy atom. The van der Waals surface area contributed by atoms with Crippen LogP contribution in [0.2, 0.25) is 0 Å². The van der Waals surface area contributed by atoms with Crippen LogP contribution in [0.15, 0.2) is 54.7 Å². The number of carbonyl (C=O) groups excluding carboxylic acids is 1. The molecule has 3 rings (SSSR count). The third-order valence-electron chi connectivity index (χ3n) is 4.38. The van der Waals surface area contributed by atoms with Crippen molar-refractivity contribution in [2.45, 2.75) is 13.1 Å². The van der Waals surface area contributed by atoms with Crippen molar-refractivity contribution in [3.8, 4) is 11.4 Å². The number of amides is 1. The van der Waals surface area contributed by atoms with E-state index in [9.17, 15) is 22.4 Å². The number of aryl methyl sites for hydroxylation is 1. The first-order valence-electron chi connectivity index (χ1n) is 9.03. The second-order valence-corrected chi connectivity index (χ2v) is 6.66. The van der Waals surface area contributed by atoms with Crippen molar-refractivity contribution < 1.29 is 27.1 Å². The zero-order chi connectivity index (χ0) is 21.9. The monoisotopic (exact) mass is 421 g/mol. The molecule has 3 aromatic rings. The van der Waals surface area contributed by atoms with Crippen molar-refractivity contribution >= 4 is 5.91 Å². The number of carbonyl (C=O) groups is 1. The van der Waals surface area contributed by atoms with Gasteiger partial charge in [0.15, 0.2) is 5.69 Å². The normalized spacial score (nSPS) is 11.4. The summed E-state index contributed by atoms with van der Waals surface area (Å²) < 4.78 is 61.1. The molecule has 0 aliphatic rings. The van der Waals surface area contributed by atoms with Crippen LogP contribution in [0.3, 0.4) is 0 Å². The molecule has 0 unspecified atom stereocenters. The largest absolute Gasteiger partial charge is 0.492 e. The van der Waals surface area contributed by atoms with Gasteiger partial charge in [-0.15, -0.1) is 0 Å². The summed E-state index contributed by atoms with van der Waals surface area (Å²) in [5, 5.41) is 3.63. The fraction of sp³-hybridized carbons (Fsp3) is 0.238. The average Bonchev–Trinajstić information content (AvgIpc) is 3.13. The first-order chi connectivity index (χ1) is 14.2. The fourth-order valence-electron chi connectivity index (χ4n) is 2.90. The van der Waals surface area contributed by atoms with E-state index in [2.05, 4.69) is 5.10 Å². The van der Waals surface area contributed by atoms with E-state index in [1.165, 1.54) is 19.2 Å². The maximum absolute atomic E-state index is 14.0. The van der Waals surface area contributed by atoms with Crippen LogP contribution in [0.1, 0.15) is 21.6 Å². The maximum atomic E-state index is 14.0. The van der Waals surface area contributed by atoms with Gasteiger partial charge in [-0.05, 0) is 36.8 Å². The van der Waals surface area contributed by atoms with E-state index in [0.717, 1.165) is 28.8 Å². The van der Waals surface area contributed by atoms with Gasteiger partial charge in [-0.1, -0.05) is 24.3 Å². The van der Waals surface area contributed by atoms with Gasteiger partial charge in [0.05, 0.1) is 18.3 Å². The minimum Gasteiger partial charge on any atom is -0.492 e. The van der Waals surface area contributed by atoms with Crippen molar-refractivity contribution in [3.05, 3.63) is 77.4 Å². The molecule has 0 saturated heterocycles. The molecule has 0 aliphatic heterocycles. The van der Waals surface area contributed by atoms with Crippen molar-refractivity contribution in [2.75, 3.05) is 20.2 Å². The van der Waals surface area contributed by atoms with Crippen LogP contribution < -0.4 is 4.74 Å². The molecule has 0 saturated carbocycles. The molecule has 9 heteroatoms. The summed E-state index contributed by atoms with van der Waals surface area (Å²) in [6.45, 7) is 2.04. The number of hydrogen-bond acceptors (Lipinski definition) is 3. The van der Waals surface area contributed by atoms with Crippen LogP contribution in [-0.4, -0.2) is 40.8 Å². The molecule has 1 aromatic heterocycles. The van der Waals surface area contributed by atoms with Crippen LogP contribution in [0.25, 0.3) is 5.69 Å². The van der Waals surface area contributed by atoms with Crippen LogP contribution in [0.4, 0.5) is 17.6 Å². The number of ether oxygens (including phenoxy) is 1. The topological polar surface area (TPSA) is 47.4 Å². The molecule has 30 heavy (non-hydrogen) atoms. The van der Waals surface area contributed by atoms with E-state index in [-0.39, 0.29) is 13.2 Å². The number of rotatable bonds is 6. The summed E-state index contributed by atoms with van der Waals surface area (Å²) in [4.78, 5) is 13.8. The number of aromatic nitrogens is 2. The predicted molar refractivity (Wildman–Crippen MR) is 102 cm³/mol. The highest BCUT2D eigenvalue weighted by atomic mass is 19.4. The van der Waals surface area contributed by atoms with Crippen molar-refractivity contribution in [2.24, 2.45) is 0 Å². The van der Waals surface area contributed by atoms with E-state index >= 15 is 0 Å². The lowest BCUT2D eigenvalue weighted by molar-refractivity contribution is -0.143. The molecule has 158 valence electrons. The third kappa shape index (κ3) is 4.61. The predicted octanol–water partition coefficient (Wildman–Crippen LogP) is 4.49. The van der Waals surface area contributed by atoms with Gasteiger partial charge in [-0.3, -0.25) is 4.79 Å². The number of nitrogens with zero attached hydrogens (tertiary/aromatic N) is 3. The molecule has 1 heterocycles. The van der Waals surface area contributed by atoms with Gasteiger partial charge < -0.3 is 9.64 Å². The summed E-state index contributed by atoms with van der Waals surface area (Å²) in [5.74, 6) is -1.18. The van der Waals surface area contributed by atoms with Gasteiger partial charge in [-0.25, -0.2) is 9.07 Å². The quantitative estimate of drug-likeness (QED) is 0.551. The molecule has 0 atom stereocenters. The summed E-state index contributed by atoms with van der Waals surface area (Å²) in [7, 11) is 1.36. The molecule has 0 bridgehead atoms. The molecule has 0 radical (unpaired) electrons. The Balaban J connectivity index is 1.80. The second-order valence-electron chi connectivity index (χ2n) is 6.66. The maximum Gasteiger partial charge on any atom is 0.434 e. The highest BCUT2D eigenvalue weighted by molar-refractivity contribution is 5.95. The highest BCUT2D eigenvalue weighted by Gasteiger charge is 2.41. The SMILES string of the molecule is Cc1cccc(OCCN(C)C(=O)c2cnn(-c3ccccc3F)c2C(F)(F)F)c1. The van der Waals surface area contributed by atoms with E-state index in [4.69, 9.17) is 4.74 Å². The molecule has 0 fully saturated rings. The van der Waals surface area contributed by atoms with Crippen LogP contribution >= 0.6 is 0 Å². The van der Waals surface area contributed by atoms with Crippen molar-refractivity contribution in [3.63, 3.8) is 0 Å². The van der Waals surface area contributed by atoms with E-state index < -0.39 is 34.8 Å². The Morgan fingerprint density at radius 2 is 1.90 bits per heavy atom. The summed E-state index contributed by atoms with van der Waals surface area (Å²) in [6.07, 6.45) is -4.11. The minimum atomic E-state index is -4.91. The lowest BCUT2D eigenvalue weighted by Crippen LogP contribution is -2.32. The van der Waals surface area contributed by atoms with Crippen molar-refractivity contribution in [1.29, 1.82) is 0 Å². The summed E-state index contributed by atoms with van der Waals surface area (Å²) in [6, 6.07) is 12.2. The van der Waals surface area contributed by atoms with Gasteiger partial charge in [0.25, 0.3) is 5.91 Å². The number of likely N-dealkylation sites (N-methyl/N-ethyl adjacent to an activating group) is 1. The van der Waals surface area contributed by atoms with Gasteiger partial charge in [0, 0.05) is 7.05 Å². The molecule has 1 amide bonds. The van der Waals surface area contributed by atoms with Crippen molar-refractivity contribution in [1.82, 2.24) is 14.7 Å². The second kappa shape index (κ2) is 8.56. The Hall–Kier alpha value is -3.36. The molecule has 5 nitrogen and oxygen atoms in total. The molecular weight excluding hydrogens is 402 g/mol. The number of halogens is 4. The number of para-hydroxylation sites is 1. The highest BCUT2D eigenvalue weighted by Crippen LogP contribution is 2.34. The number of hydrogen-bond donors (Lipinski definition) is 0. The van der Waals surface area contributed by atoms with Gasteiger partial charge >= 0.3 is 6.18 Å². The van der Waals surface area contributed by atoms with E-state index in [0.29, 0.717) is 10.4 Å². The van der Waals surface area contributed by atoms with Crippen LogP contribution in [0, 0.1) is 12.7 Å². The lowest BCUT2D eigenvalue weighted by atomic mass is 10.2. The van der Waals surface area contributed by atoms with Gasteiger partial charge in [-0.2, -0.15) is 18.3 Å². The van der Waals surface area contributed by atoms with Gasteiger partial charge in [0.2, 0.25) is 0 Å². The Morgan fingerprint density at radius 3 is 2.57 bits per heavy atom. The molecular formula is C21H19F4N3O2. The first kappa shape index (κ1) is 21.4. The summed E-state index contributed by atoms with van der Waals surface area (Å²) >= 11 is 0. The van der Waals surface area contributed by atoms with Crippen LogP contribution in [-0.2, 0) is 6.18 Å². The zero-order valence-electron chi connectivity index (χ0n) is 16.3. The summed E-state index contributed by atoms with van der Waals surface area (Å²) in [5.41, 5.74) is -1.39. The first-order valence-corrected chi connectivity index (χ1v) is 9.03. The lowest BCUT2D eigenvalue weighted by Gasteiger charge is -2.19. The third-order valence-corrected chi connectivity index (χ3v) is 4.38. The fourth-order valence-corrected chi connectivity index (χ4v) is 2.90. The number of benzene rings is 2. The number of alkyl halides is 3. The molecule has 2 aromatic carbocycles. The van der Waals surface area contributed by atoms with Crippen LogP contribution in [0.5, 0.6) is 5.75 Å². The average molecular weight is 421 g/mol. The molecule has 0 spiro atoms. The Kier molecular flexibility index (Phi) is 6.09. The molecule has 0 aliphatic carbocycles. The molecule has 0 N–H and O–H groups in total. The van der Waals surface area contributed by atoms with E-state index in [1.54, 1.807) is 6.07 Å². The Labute approximate surface area is 170 Å². The van der Waals surface area contributed by atoms with E-state index in [1.807, 2.05) is 25.1 Å². The Bertz CT molecular complexity index is 1050. The van der Waals surface area contributed by atoms with Gasteiger partial charge in [0.1, 0.15) is 23.9 Å². The smallest absolute Gasteiger partial charge is 0.434 e. The standard InChI is InChI=1S/C21H19F4N3O2/c1-14-6-5-7-15(12-14)30-11-10-27(2)20(29)16-13-26-28(19(16)21(23,24)25)18-9-4-3-8-17(18)22/h3-9,12-13H,10-11H2,1-2H3. The zero-order valence-corrected chi connectivity index (χ0v) is 16.3. The minimum absolute atomic E-state index is 0.0505.